The van der Waals surface area contributed by atoms with E-state index >= 15 is 0 Å². The van der Waals surface area contributed by atoms with Gasteiger partial charge >= 0.3 is 5.97 Å². The third-order valence-electron chi connectivity index (χ3n) is 5.16. The molecule has 8 atom stereocenters. The zero-order valence-electron chi connectivity index (χ0n) is 16.0. The Kier molecular flexibility index (Phi) is 7.00. The standard InChI is InChI=1S/C18H24O13/c19-4-9-11(22)12(23)13(31-17-14(24)18(27,5-20)6-28-17)16(30-9)29-8-3-1-2-7(21)10(8)15(25)26/h1-3,9,11-14,16-17,19-24,27H,4-6H2,(H,25,26)/t9-,11-,12+,13-,14+,16-,17+,18-/m1/s1. The summed E-state index contributed by atoms with van der Waals surface area (Å²) >= 11 is 0. The van der Waals surface area contributed by atoms with Gasteiger partial charge in [-0.05, 0) is 12.1 Å². The maximum atomic E-state index is 11.5. The number of carbonyl (C=O) groups is 1. The smallest absolute Gasteiger partial charge is 0.343 e. The fraction of sp³-hybridized carbons (Fsp3) is 0.611. The van der Waals surface area contributed by atoms with Crippen molar-refractivity contribution in [3.63, 3.8) is 0 Å². The molecule has 13 nitrogen and oxygen atoms in total. The fourth-order valence-corrected chi connectivity index (χ4v) is 3.32. The van der Waals surface area contributed by atoms with Gasteiger partial charge in [-0.1, -0.05) is 6.07 Å². The number of aromatic carboxylic acids is 1. The number of hydrogen-bond donors (Lipinski definition) is 8. The van der Waals surface area contributed by atoms with Crippen molar-refractivity contribution in [1.29, 1.82) is 0 Å². The molecule has 0 unspecified atom stereocenters. The second kappa shape index (κ2) is 9.20. The summed E-state index contributed by atoms with van der Waals surface area (Å²) in [6.07, 6.45) is -11.3. The maximum absolute atomic E-state index is 11.5. The minimum atomic E-state index is -2.03. The van der Waals surface area contributed by atoms with E-state index in [4.69, 9.17) is 18.9 Å². The molecule has 0 bridgehead atoms. The van der Waals surface area contributed by atoms with Crippen LogP contribution in [0.2, 0.25) is 0 Å². The van der Waals surface area contributed by atoms with Gasteiger partial charge in [-0.2, -0.15) is 0 Å². The Balaban J connectivity index is 1.89. The van der Waals surface area contributed by atoms with Crippen molar-refractivity contribution in [1.82, 2.24) is 0 Å². The average Bonchev–Trinajstić information content (AvgIpc) is 3.02. The number of aliphatic hydroxyl groups excluding tert-OH is 5. The molecule has 3 rings (SSSR count). The summed E-state index contributed by atoms with van der Waals surface area (Å²) in [4.78, 5) is 11.5. The molecule has 2 fully saturated rings. The normalized spacial score (nSPS) is 38.2. The highest BCUT2D eigenvalue weighted by Gasteiger charge is 2.53. The fourth-order valence-electron chi connectivity index (χ4n) is 3.32. The lowest BCUT2D eigenvalue weighted by Crippen LogP contribution is -2.62. The van der Waals surface area contributed by atoms with Gasteiger partial charge < -0.3 is 59.8 Å². The van der Waals surface area contributed by atoms with Gasteiger partial charge in [0.15, 0.2) is 12.4 Å². The van der Waals surface area contributed by atoms with Crippen molar-refractivity contribution >= 4 is 5.97 Å². The van der Waals surface area contributed by atoms with Crippen molar-refractivity contribution in [2.24, 2.45) is 0 Å². The molecule has 0 aromatic heterocycles. The molecular formula is C18H24O13. The molecule has 8 N–H and O–H groups in total. The van der Waals surface area contributed by atoms with Crippen LogP contribution in [0.4, 0.5) is 0 Å². The average molecular weight is 448 g/mol. The van der Waals surface area contributed by atoms with Crippen LogP contribution in [0.3, 0.4) is 0 Å². The number of hydrogen-bond acceptors (Lipinski definition) is 12. The molecule has 2 saturated heterocycles. The first-order valence-corrected chi connectivity index (χ1v) is 9.25. The van der Waals surface area contributed by atoms with Crippen LogP contribution in [0.1, 0.15) is 10.4 Å². The molecule has 0 spiro atoms. The summed E-state index contributed by atoms with van der Waals surface area (Å²) in [5.74, 6) is -2.51. The first kappa shape index (κ1) is 23.6. The molecule has 1 aromatic carbocycles. The molecule has 2 aliphatic rings. The summed E-state index contributed by atoms with van der Waals surface area (Å²) in [5.41, 5.74) is -2.65. The van der Waals surface area contributed by atoms with E-state index in [1.165, 1.54) is 12.1 Å². The number of carboxylic acid groups (broad SMARTS) is 1. The number of aromatic hydroxyl groups is 1. The molecule has 31 heavy (non-hydrogen) atoms. The van der Waals surface area contributed by atoms with Gasteiger partial charge in [-0.25, -0.2) is 4.79 Å². The topological polar surface area (TPSA) is 216 Å². The third-order valence-corrected chi connectivity index (χ3v) is 5.16. The van der Waals surface area contributed by atoms with E-state index in [0.717, 1.165) is 6.07 Å². The Bertz CT molecular complexity index is 788. The molecule has 0 radical (unpaired) electrons. The highest BCUT2D eigenvalue weighted by atomic mass is 16.8. The van der Waals surface area contributed by atoms with Gasteiger partial charge in [0.1, 0.15) is 47.1 Å². The van der Waals surface area contributed by atoms with Crippen LogP contribution in [0.15, 0.2) is 18.2 Å². The van der Waals surface area contributed by atoms with E-state index in [0.29, 0.717) is 0 Å². The molecule has 174 valence electrons. The van der Waals surface area contributed by atoms with Gasteiger partial charge in [0.05, 0.1) is 19.8 Å². The number of aliphatic hydroxyl groups is 6. The summed E-state index contributed by atoms with van der Waals surface area (Å²) in [6.45, 7) is -2.08. The Hall–Kier alpha value is -2.07. The quantitative estimate of drug-likeness (QED) is 0.206. The molecule has 13 heteroatoms. The van der Waals surface area contributed by atoms with Gasteiger partial charge in [0.2, 0.25) is 6.29 Å². The first-order valence-electron chi connectivity index (χ1n) is 9.25. The lowest BCUT2D eigenvalue weighted by Gasteiger charge is -2.42. The van der Waals surface area contributed by atoms with Crippen LogP contribution in [-0.4, -0.2) is 115 Å². The van der Waals surface area contributed by atoms with Crippen molar-refractivity contribution < 1.29 is 64.6 Å². The summed E-state index contributed by atoms with van der Waals surface area (Å²) in [6, 6.07) is 3.59. The number of carboxylic acids is 1. The lowest BCUT2D eigenvalue weighted by molar-refractivity contribution is -0.319. The monoisotopic (exact) mass is 448 g/mol. The molecule has 2 aliphatic heterocycles. The summed E-state index contributed by atoms with van der Waals surface area (Å²) in [7, 11) is 0. The maximum Gasteiger partial charge on any atom is 0.343 e. The predicted molar refractivity (Wildman–Crippen MR) is 96.1 cm³/mol. The van der Waals surface area contributed by atoms with E-state index < -0.39 is 85.8 Å². The number of benzene rings is 1. The van der Waals surface area contributed by atoms with E-state index in [9.17, 15) is 45.6 Å². The molecule has 0 saturated carbocycles. The van der Waals surface area contributed by atoms with Crippen molar-refractivity contribution in [3.05, 3.63) is 23.8 Å². The van der Waals surface area contributed by atoms with Crippen molar-refractivity contribution in [2.75, 3.05) is 19.8 Å². The lowest BCUT2D eigenvalue weighted by atomic mass is 9.98. The Morgan fingerprint density at radius 1 is 1.16 bits per heavy atom. The summed E-state index contributed by atoms with van der Waals surface area (Å²) < 4.78 is 21.5. The largest absolute Gasteiger partial charge is 0.507 e. The summed E-state index contributed by atoms with van der Waals surface area (Å²) in [5, 5.41) is 78.8. The minimum Gasteiger partial charge on any atom is -0.507 e. The minimum absolute atomic E-state index is 0.369. The van der Waals surface area contributed by atoms with Crippen LogP contribution in [0.25, 0.3) is 0 Å². The first-order chi connectivity index (χ1) is 14.6. The van der Waals surface area contributed by atoms with Crippen LogP contribution < -0.4 is 4.74 Å². The Morgan fingerprint density at radius 2 is 1.87 bits per heavy atom. The van der Waals surface area contributed by atoms with Crippen LogP contribution in [-0.2, 0) is 14.2 Å². The predicted octanol–water partition coefficient (Wildman–Crippen LogP) is -3.27. The van der Waals surface area contributed by atoms with E-state index in [1.54, 1.807) is 0 Å². The zero-order valence-corrected chi connectivity index (χ0v) is 16.0. The molecule has 1 aromatic rings. The van der Waals surface area contributed by atoms with Gasteiger partial charge in [-0.3, -0.25) is 0 Å². The Labute approximate surface area is 175 Å². The number of rotatable bonds is 7. The molecule has 2 heterocycles. The van der Waals surface area contributed by atoms with Crippen molar-refractivity contribution in [2.45, 2.75) is 48.7 Å². The number of ether oxygens (including phenoxy) is 4. The zero-order chi connectivity index (χ0) is 22.9. The number of phenols is 1. The Morgan fingerprint density at radius 3 is 2.45 bits per heavy atom. The van der Waals surface area contributed by atoms with E-state index in [1.807, 2.05) is 0 Å². The highest BCUT2D eigenvalue weighted by molar-refractivity contribution is 5.94. The van der Waals surface area contributed by atoms with Gasteiger partial charge in [0, 0.05) is 0 Å². The van der Waals surface area contributed by atoms with Crippen LogP contribution in [0, 0.1) is 0 Å². The molecular weight excluding hydrogens is 424 g/mol. The van der Waals surface area contributed by atoms with Crippen LogP contribution >= 0.6 is 0 Å². The third kappa shape index (κ3) is 4.45. The SMILES string of the molecule is O=C(O)c1c(O)cccc1O[C@@H]1O[C@H](CO)[C@@H](O)[C@H](O)[C@H]1O[C@@H]1OC[C@](O)(CO)[C@H]1O. The van der Waals surface area contributed by atoms with E-state index in [2.05, 4.69) is 0 Å². The van der Waals surface area contributed by atoms with Crippen molar-refractivity contribution in [3.8, 4) is 11.5 Å². The molecule has 0 aliphatic carbocycles. The molecule has 0 amide bonds. The van der Waals surface area contributed by atoms with Gasteiger partial charge in [0.25, 0.3) is 0 Å². The second-order valence-electron chi connectivity index (χ2n) is 7.27. The van der Waals surface area contributed by atoms with Crippen LogP contribution in [0.5, 0.6) is 11.5 Å². The van der Waals surface area contributed by atoms with Gasteiger partial charge in [-0.15, -0.1) is 0 Å². The van der Waals surface area contributed by atoms with E-state index in [-0.39, 0.29) is 5.75 Å². The highest BCUT2D eigenvalue weighted by Crippen LogP contribution is 2.34. The second-order valence-corrected chi connectivity index (χ2v) is 7.27.